The maximum absolute atomic E-state index is 9.20. The van der Waals surface area contributed by atoms with Gasteiger partial charge < -0.3 is 5.32 Å². The second-order valence-electron chi connectivity index (χ2n) is 4.37. The van der Waals surface area contributed by atoms with E-state index in [1.165, 1.54) is 0 Å². The number of hydrogen-bond donors (Lipinski definition) is 1. The van der Waals surface area contributed by atoms with Crippen molar-refractivity contribution in [2.75, 3.05) is 5.32 Å². The summed E-state index contributed by atoms with van der Waals surface area (Å²) >= 11 is 0. The van der Waals surface area contributed by atoms with Crippen molar-refractivity contribution in [2.24, 2.45) is 0 Å². The van der Waals surface area contributed by atoms with E-state index in [0.29, 0.717) is 16.8 Å². The zero-order valence-corrected chi connectivity index (χ0v) is 10.9. The number of aromatic nitrogens is 2. The van der Waals surface area contributed by atoms with Crippen LogP contribution in [0.2, 0.25) is 0 Å². The van der Waals surface area contributed by atoms with Gasteiger partial charge in [-0.25, -0.2) is 0 Å². The minimum atomic E-state index is 0.234. The van der Waals surface area contributed by atoms with E-state index >= 15 is 0 Å². The average molecular weight is 271 g/mol. The first kappa shape index (κ1) is 12.6. The molecule has 0 spiro atoms. The monoisotopic (exact) mass is 271 g/mol. The van der Waals surface area contributed by atoms with E-state index in [9.17, 15) is 5.26 Å². The van der Waals surface area contributed by atoms with Crippen molar-refractivity contribution in [3.05, 3.63) is 59.8 Å². The summed E-state index contributed by atoms with van der Waals surface area (Å²) in [6.07, 6.45) is 0. The highest BCUT2D eigenvalue weighted by Gasteiger charge is 2.10. The van der Waals surface area contributed by atoms with Crippen LogP contribution in [-0.2, 0) is 0 Å². The van der Waals surface area contributed by atoms with E-state index < -0.39 is 0 Å². The zero-order chi connectivity index (χ0) is 14.7. The lowest BCUT2D eigenvalue weighted by Gasteiger charge is -2.10. The zero-order valence-electron chi connectivity index (χ0n) is 10.9. The first-order valence-corrected chi connectivity index (χ1v) is 6.24. The van der Waals surface area contributed by atoms with Gasteiger partial charge in [0, 0.05) is 11.1 Å². The summed E-state index contributed by atoms with van der Waals surface area (Å²) in [7, 11) is 0. The molecule has 0 saturated heterocycles. The molecule has 1 heterocycles. The highest BCUT2D eigenvalue weighted by molar-refractivity contribution is 5.94. The molecule has 0 aliphatic rings. The largest absolute Gasteiger partial charge is 0.353 e. The smallest absolute Gasteiger partial charge is 0.187 e. The Balaban J connectivity index is 2.10. The SMILES string of the molecule is N#Cc1ccc(Nc2c(C#N)nnc3ccccc23)cc1. The van der Waals surface area contributed by atoms with Crippen molar-refractivity contribution in [1.29, 1.82) is 10.5 Å². The summed E-state index contributed by atoms with van der Waals surface area (Å²) in [5.74, 6) is 0. The third kappa shape index (κ3) is 2.36. The Hall–Kier alpha value is -3.44. The molecule has 3 rings (SSSR count). The van der Waals surface area contributed by atoms with Crippen LogP contribution in [0.25, 0.3) is 10.9 Å². The van der Waals surface area contributed by atoms with E-state index in [-0.39, 0.29) is 5.69 Å². The predicted molar refractivity (Wildman–Crippen MR) is 78.7 cm³/mol. The molecule has 1 aromatic heterocycles. The molecule has 0 aliphatic heterocycles. The molecule has 0 bridgehead atoms. The van der Waals surface area contributed by atoms with Crippen LogP contribution in [0.3, 0.4) is 0 Å². The van der Waals surface area contributed by atoms with Crippen molar-refractivity contribution in [1.82, 2.24) is 10.2 Å². The van der Waals surface area contributed by atoms with E-state index in [0.717, 1.165) is 11.1 Å². The van der Waals surface area contributed by atoms with Gasteiger partial charge in [-0.05, 0) is 30.3 Å². The van der Waals surface area contributed by atoms with Gasteiger partial charge in [-0.1, -0.05) is 18.2 Å². The van der Waals surface area contributed by atoms with Gasteiger partial charge in [0.1, 0.15) is 6.07 Å². The Kier molecular flexibility index (Phi) is 3.16. The van der Waals surface area contributed by atoms with Crippen molar-refractivity contribution in [3.8, 4) is 12.1 Å². The molecule has 2 aromatic carbocycles. The van der Waals surface area contributed by atoms with Crippen molar-refractivity contribution < 1.29 is 0 Å². The maximum Gasteiger partial charge on any atom is 0.187 e. The molecule has 3 aromatic rings. The summed E-state index contributed by atoms with van der Waals surface area (Å²) in [6.45, 7) is 0. The van der Waals surface area contributed by atoms with Crippen LogP contribution < -0.4 is 5.32 Å². The van der Waals surface area contributed by atoms with Gasteiger partial charge in [0.15, 0.2) is 5.69 Å². The minimum Gasteiger partial charge on any atom is -0.353 e. The van der Waals surface area contributed by atoms with E-state index in [4.69, 9.17) is 5.26 Å². The standard InChI is InChI=1S/C16H9N5/c17-9-11-5-7-12(8-6-11)19-16-13-3-1-2-4-14(13)20-21-15(16)10-18/h1-8H,(H,19,20). The molecule has 98 valence electrons. The molecule has 1 N–H and O–H groups in total. The fraction of sp³-hybridized carbons (Fsp3) is 0. The highest BCUT2D eigenvalue weighted by atomic mass is 15.1. The third-order valence-corrected chi connectivity index (χ3v) is 3.06. The van der Waals surface area contributed by atoms with Crippen molar-refractivity contribution in [2.45, 2.75) is 0 Å². The molecule has 0 saturated carbocycles. The number of fused-ring (bicyclic) bond motifs is 1. The number of rotatable bonds is 2. The van der Waals surface area contributed by atoms with Gasteiger partial charge in [-0.3, -0.25) is 0 Å². The summed E-state index contributed by atoms with van der Waals surface area (Å²) in [5, 5.41) is 30.0. The van der Waals surface area contributed by atoms with E-state index in [1.807, 2.05) is 30.3 Å². The third-order valence-electron chi connectivity index (χ3n) is 3.06. The maximum atomic E-state index is 9.20. The van der Waals surface area contributed by atoms with Crippen molar-refractivity contribution >= 4 is 22.3 Å². The second-order valence-corrected chi connectivity index (χ2v) is 4.37. The molecule has 0 atom stereocenters. The number of nitrogens with zero attached hydrogens (tertiary/aromatic N) is 4. The lowest BCUT2D eigenvalue weighted by Crippen LogP contribution is -1.99. The molecule has 21 heavy (non-hydrogen) atoms. The Morgan fingerprint density at radius 1 is 0.857 bits per heavy atom. The van der Waals surface area contributed by atoms with Crippen LogP contribution in [0.5, 0.6) is 0 Å². The van der Waals surface area contributed by atoms with Crippen LogP contribution >= 0.6 is 0 Å². The number of benzene rings is 2. The number of hydrogen-bond acceptors (Lipinski definition) is 5. The minimum absolute atomic E-state index is 0.234. The van der Waals surface area contributed by atoms with Crippen LogP contribution in [0.15, 0.2) is 48.5 Å². The highest BCUT2D eigenvalue weighted by Crippen LogP contribution is 2.27. The molecule has 5 heteroatoms. The predicted octanol–water partition coefficient (Wildman–Crippen LogP) is 3.12. The first-order chi connectivity index (χ1) is 10.3. The van der Waals surface area contributed by atoms with Crippen LogP contribution in [0.1, 0.15) is 11.3 Å². The second kappa shape index (κ2) is 5.28. The number of anilines is 2. The van der Waals surface area contributed by atoms with Crippen molar-refractivity contribution in [3.63, 3.8) is 0 Å². The van der Waals surface area contributed by atoms with Crippen LogP contribution in [0, 0.1) is 22.7 Å². The summed E-state index contributed by atoms with van der Waals surface area (Å²) < 4.78 is 0. The average Bonchev–Trinajstić information content (AvgIpc) is 2.56. The summed E-state index contributed by atoms with van der Waals surface area (Å²) in [4.78, 5) is 0. The molecule has 0 fully saturated rings. The quantitative estimate of drug-likeness (QED) is 0.774. The molecule has 0 radical (unpaired) electrons. The first-order valence-electron chi connectivity index (χ1n) is 6.24. The van der Waals surface area contributed by atoms with Gasteiger partial charge in [-0.2, -0.15) is 10.5 Å². The van der Waals surface area contributed by atoms with Gasteiger partial charge in [0.25, 0.3) is 0 Å². The lowest BCUT2D eigenvalue weighted by molar-refractivity contribution is 1.05. The Morgan fingerprint density at radius 2 is 1.62 bits per heavy atom. The number of nitrogens with one attached hydrogen (secondary N) is 1. The Labute approximate surface area is 121 Å². The lowest BCUT2D eigenvalue weighted by atomic mass is 10.1. The summed E-state index contributed by atoms with van der Waals surface area (Å²) in [5.41, 5.74) is 2.93. The molecule has 0 aliphatic carbocycles. The van der Waals surface area contributed by atoms with E-state index in [2.05, 4.69) is 21.6 Å². The van der Waals surface area contributed by atoms with E-state index in [1.54, 1.807) is 24.3 Å². The Morgan fingerprint density at radius 3 is 2.33 bits per heavy atom. The number of nitriles is 2. The summed E-state index contributed by atoms with van der Waals surface area (Å²) in [6, 6.07) is 18.6. The van der Waals surface area contributed by atoms with Crippen LogP contribution in [-0.4, -0.2) is 10.2 Å². The topological polar surface area (TPSA) is 85.4 Å². The molecular weight excluding hydrogens is 262 g/mol. The van der Waals surface area contributed by atoms with Gasteiger partial charge in [-0.15, -0.1) is 10.2 Å². The molecule has 0 amide bonds. The fourth-order valence-electron chi connectivity index (χ4n) is 2.03. The van der Waals surface area contributed by atoms with Crippen LogP contribution in [0.4, 0.5) is 11.4 Å². The van der Waals surface area contributed by atoms with Gasteiger partial charge in [0.2, 0.25) is 0 Å². The van der Waals surface area contributed by atoms with Gasteiger partial charge in [0.05, 0.1) is 22.8 Å². The molecule has 5 nitrogen and oxygen atoms in total. The fourth-order valence-corrected chi connectivity index (χ4v) is 2.03. The normalized spacial score (nSPS) is 9.81. The Bertz CT molecular complexity index is 885. The van der Waals surface area contributed by atoms with Gasteiger partial charge >= 0.3 is 0 Å². The molecule has 0 unspecified atom stereocenters. The molecular formula is C16H9N5.